The molecule has 0 aliphatic carbocycles. The summed E-state index contributed by atoms with van der Waals surface area (Å²) in [4.78, 5) is 14.4. The molecular weight excluding hydrogens is 376 g/mol. The second-order valence-electron chi connectivity index (χ2n) is 7.16. The summed E-state index contributed by atoms with van der Waals surface area (Å²) in [6.07, 6.45) is 0. The van der Waals surface area contributed by atoms with Crippen LogP contribution in [-0.2, 0) is 14.8 Å². The molecule has 150 valence electrons. The lowest BCUT2D eigenvalue weighted by Crippen LogP contribution is -2.51. The van der Waals surface area contributed by atoms with Crippen molar-refractivity contribution < 1.29 is 17.9 Å². The van der Waals surface area contributed by atoms with Crippen LogP contribution in [0.4, 0.5) is 0 Å². The number of carbonyl (C=O) groups excluding carboxylic acids is 1. The van der Waals surface area contributed by atoms with Crippen LogP contribution in [0.5, 0.6) is 5.75 Å². The molecule has 2 aromatic rings. The van der Waals surface area contributed by atoms with Gasteiger partial charge in [0.25, 0.3) is 5.91 Å². The minimum atomic E-state index is -3.55. The van der Waals surface area contributed by atoms with Crippen LogP contribution in [0.25, 0.3) is 0 Å². The van der Waals surface area contributed by atoms with Crippen LogP contribution in [0, 0.1) is 20.8 Å². The summed E-state index contributed by atoms with van der Waals surface area (Å²) in [6.45, 7) is 6.97. The van der Waals surface area contributed by atoms with Crippen molar-refractivity contribution in [2.24, 2.45) is 0 Å². The number of amides is 1. The Morgan fingerprint density at radius 2 is 1.54 bits per heavy atom. The SMILES string of the molecule is Cc1ccc(OCC(=O)N2CCN(S(=O)(=O)c3ccc(C)cc3C)CC2)cc1. The second-order valence-corrected chi connectivity index (χ2v) is 9.06. The van der Waals surface area contributed by atoms with Crippen LogP contribution in [0.3, 0.4) is 0 Å². The molecule has 3 rings (SSSR count). The number of nitrogens with zero attached hydrogens (tertiary/aromatic N) is 2. The van der Waals surface area contributed by atoms with Gasteiger partial charge < -0.3 is 9.64 Å². The number of hydrogen-bond acceptors (Lipinski definition) is 4. The highest BCUT2D eigenvalue weighted by molar-refractivity contribution is 7.89. The monoisotopic (exact) mass is 402 g/mol. The van der Waals surface area contributed by atoms with Gasteiger partial charge in [0.15, 0.2) is 6.61 Å². The van der Waals surface area contributed by atoms with Gasteiger partial charge in [-0.25, -0.2) is 8.42 Å². The molecule has 28 heavy (non-hydrogen) atoms. The fourth-order valence-corrected chi connectivity index (χ4v) is 4.90. The molecule has 2 aromatic carbocycles. The summed E-state index contributed by atoms with van der Waals surface area (Å²) in [6, 6.07) is 12.9. The van der Waals surface area contributed by atoms with Crippen LogP contribution in [0.1, 0.15) is 16.7 Å². The van der Waals surface area contributed by atoms with Crippen molar-refractivity contribution in [2.75, 3.05) is 32.8 Å². The molecule has 6 nitrogen and oxygen atoms in total. The first kappa shape index (κ1) is 20.4. The number of benzene rings is 2. The zero-order valence-electron chi connectivity index (χ0n) is 16.5. The number of ether oxygens (including phenoxy) is 1. The number of rotatable bonds is 5. The number of hydrogen-bond donors (Lipinski definition) is 0. The quantitative estimate of drug-likeness (QED) is 0.771. The summed E-state index contributed by atoms with van der Waals surface area (Å²) in [5.74, 6) is 0.513. The maximum absolute atomic E-state index is 12.9. The van der Waals surface area contributed by atoms with E-state index < -0.39 is 10.0 Å². The summed E-state index contributed by atoms with van der Waals surface area (Å²) in [7, 11) is -3.55. The van der Waals surface area contributed by atoms with E-state index in [9.17, 15) is 13.2 Å². The Balaban J connectivity index is 1.57. The van der Waals surface area contributed by atoms with E-state index in [-0.39, 0.29) is 25.6 Å². The van der Waals surface area contributed by atoms with Crippen molar-refractivity contribution in [2.45, 2.75) is 25.7 Å². The summed E-state index contributed by atoms with van der Waals surface area (Å²) < 4.78 is 32.9. The molecule has 1 saturated heterocycles. The molecule has 0 N–H and O–H groups in total. The van der Waals surface area contributed by atoms with Gasteiger partial charge in [-0.15, -0.1) is 0 Å². The Morgan fingerprint density at radius 3 is 2.14 bits per heavy atom. The van der Waals surface area contributed by atoms with Crippen molar-refractivity contribution in [1.29, 1.82) is 0 Å². The second kappa shape index (κ2) is 8.32. The van der Waals surface area contributed by atoms with E-state index in [0.29, 0.717) is 23.7 Å². The van der Waals surface area contributed by atoms with Gasteiger partial charge in [0.05, 0.1) is 4.90 Å². The molecule has 1 fully saturated rings. The van der Waals surface area contributed by atoms with Crippen molar-refractivity contribution in [3.8, 4) is 5.75 Å². The molecule has 0 saturated carbocycles. The Bertz CT molecular complexity index is 947. The standard InChI is InChI=1S/C21H26N2O4S/c1-16-4-7-19(8-5-16)27-15-21(24)22-10-12-23(13-11-22)28(25,26)20-9-6-17(2)14-18(20)3/h4-9,14H,10-13,15H2,1-3H3. The van der Waals surface area contributed by atoms with Gasteiger partial charge in [-0.1, -0.05) is 35.4 Å². The number of aryl methyl sites for hydroxylation is 3. The Kier molecular flexibility index (Phi) is 6.05. The topological polar surface area (TPSA) is 66.9 Å². The molecular formula is C21H26N2O4S. The molecule has 0 spiro atoms. The third-order valence-electron chi connectivity index (χ3n) is 4.92. The fourth-order valence-electron chi connectivity index (χ4n) is 3.28. The van der Waals surface area contributed by atoms with E-state index in [1.165, 1.54) is 4.31 Å². The van der Waals surface area contributed by atoms with E-state index in [4.69, 9.17) is 4.74 Å². The van der Waals surface area contributed by atoms with Crippen LogP contribution in [0.15, 0.2) is 47.4 Å². The lowest BCUT2D eigenvalue weighted by molar-refractivity contribution is -0.134. The van der Waals surface area contributed by atoms with Gasteiger partial charge >= 0.3 is 0 Å². The van der Waals surface area contributed by atoms with E-state index in [1.807, 2.05) is 57.2 Å². The Labute approximate surface area is 166 Å². The Hall–Kier alpha value is -2.38. The normalized spacial score (nSPS) is 15.5. The number of piperazine rings is 1. The molecule has 1 heterocycles. The van der Waals surface area contributed by atoms with Gasteiger partial charge in [0.1, 0.15) is 5.75 Å². The predicted octanol–water partition coefficient (Wildman–Crippen LogP) is 2.52. The predicted molar refractivity (Wildman–Crippen MR) is 108 cm³/mol. The van der Waals surface area contributed by atoms with Crippen molar-refractivity contribution in [1.82, 2.24) is 9.21 Å². The fraction of sp³-hybridized carbons (Fsp3) is 0.381. The average molecular weight is 403 g/mol. The highest BCUT2D eigenvalue weighted by atomic mass is 32.2. The molecule has 0 atom stereocenters. The van der Waals surface area contributed by atoms with Gasteiger partial charge in [0.2, 0.25) is 10.0 Å². The highest BCUT2D eigenvalue weighted by Gasteiger charge is 2.31. The molecule has 0 unspecified atom stereocenters. The molecule has 1 aliphatic rings. The lowest BCUT2D eigenvalue weighted by Gasteiger charge is -2.34. The zero-order chi connectivity index (χ0) is 20.3. The largest absolute Gasteiger partial charge is 0.484 e. The third-order valence-corrected chi connectivity index (χ3v) is 6.98. The summed E-state index contributed by atoms with van der Waals surface area (Å²) in [5, 5.41) is 0. The molecule has 1 aliphatic heterocycles. The lowest BCUT2D eigenvalue weighted by atomic mass is 10.2. The first-order valence-corrected chi connectivity index (χ1v) is 10.8. The third kappa shape index (κ3) is 4.54. The first-order chi connectivity index (χ1) is 13.3. The van der Waals surface area contributed by atoms with Gasteiger partial charge in [-0.05, 0) is 44.5 Å². The first-order valence-electron chi connectivity index (χ1n) is 9.32. The smallest absolute Gasteiger partial charge is 0.260 e. The number of sulfonamides is 1. The summed E-state index contributed by atoms with van der Waals surface area (Å²) in [5.41, 5.74) is 2.89. The average Bonchev–Trinajstić information content (AvgIpc) is 2.67. The zero-order valence-corrected chi connectivity index (χ0v) is 17.3. The molecule has 0 bridgehead atoms. The molecule has 1 amide bonds. The minimum Gasteiger partial charge on any atom is -0.484 e. The maximum atomic E-state index is 12.9. The summed E-state index contributed by atoms with van der Waals surface area (Å²) >= 11 is 0. The van der Waals surface area contributed by atoms with Crippen molar-refractivity contribution >= 4 is 15.9 Å². The van der Waals surface area contributed by atoms with E-state index >= 15 is 0 Å². The van der Waals surface area contributed by atoms with E-state index in [2.05, 4.69) is 0 Å². The van der Waals surface area contributed by atoms with Gasteiger partial charge in [-0.3, -0.25) is 4.79 Å². The number of carbonyl (C=O) groups is 1. The van der Waals surface area contributed by atoms with E-state index in [0.717, 1.165) is 16.7 Å². The molecule has 0 radical (unpaired) electrons. The van der Waals surface area contributed by atoms with E-state index in [1.54, 1.807) is 11.0 Å². The minimum absolute atomic E-state index is 0.0487. The van der Waals surface area contributed by atoms with Crippen LogP contribution in [-0.4, -0.2) is 56.3 Å². The van der Waals surface area contributed by atoms with Crippen LogP contribution < -0.4 is 4.74 Å². The molecule has 7 heteroatoms. The maximum Gasteiger partial charge on any atom is 0.260 e. The van der Waals surface area contributed by atoms with Gasteiger partial charge in [0, 0.05) is 26.2 Å². The Morgan fingerprint density at radius 1 is 0.929 bits per heavy atom. The molecule has 0 aromatic heterocycles. The van der Waals surface area contributed by atoms with Gasteiger partial charge in [-0.2, -0.15) is 4.31 Å². The van der Waals surface area contributed by atoms with Crippen LogP contribution in [0.2, 0.25) is 0 Å². The highest BCUT2D eigenvalue weighted by Crippen LogP contribution is 2.22. The van der Waals surface area contributed by atoms with Crippen LogP contribution >= 0.6 is 0 Å². The van der Waals surface area contributed by atoms with Crippen molar-refractivity contribution in [3.63, 3.8) is 0 Å². The van der Waals surface area contributed by atoms with Crippen molar-refractivity contribution in [3.05, 3.63) is 59.2 Å².